The van der Waals surface area contributed by atoms with Gasteiger partial charge in [0.05, 0.1) is 0 Å². The van der Waals surface area contributed by atoms with Gasteiger partial charge in [-0.15, -0.1) is 25.3 Å². The summed E-state index contributed by atoms with van der Waals surface area (Å²) in [4.78, 5) is 0. The van der Waals surface area contributed by atoms with Crippen LogP contribution >= 0.6 is 49.7 Å². The lowest BCUT2D eigenvalue weighted by Gasteiger charge is -2.16. The van der Waals surface area contributed by atoms with Gasteiger partial charge in [0.2, 0.25) is 0 Å². The summed E-state index contributed by atoms with van der Waals surface area (Å²) < 4.78 is 0.471. The lowest BCUT2D eigenvalue weighted by Crippen LogP contribution is -2.54. The Kier molecular flexibility index (Phi) is 5.31. The third-order valence-electron chi connectivity index (χ3n) is 0.432. The predicted octanol–water partition coefficient (Wildman–Crippen LogP) is -0.399. The summed E-state index contributed by atoms with van der Waals surface area (Å²) >= 11 is 16.6. The molecule has 0 aliphatic carbocycles. The lowest BCUT2D eigenvalue weighted by atomic mass is 11.4. The van der Waals surface area contributed by atoms with Gasteiger partial charge in [0.25, 0.3) is 0 Å². The minimum atomic E-state index is 0.236. The lowest BCUT2D eigenvalue weighted by molar-refractivity contribution is 0.209. The quantitative estimate of drug-likeness (QED) is 0.187. The predicted molar refractivity (Wildman–Crippen MR) is 55.5 cm³/mol. The van der Waals surface area contributed by atoms with E-state index in [1.54, 1.807) is 0 Å². The molecule has 0 aromatic carbocycles. The smallest absolute Gasteiger partial charge is 0.147 e. The molecule has 10 heavy (non-hydrogen) atoms. The van der Waals surface area contributed by atoms with Crippen molar-refractivity contribution in [1.29, 1.82) is 0 Å². The van der Waals surface area contributed by atoms with Gasteiger partial charge in [0.15, 0.2) is 0 Å². The van der Waals surface area contributed by atoms with Crippen LogP contribution in [0.15, 0.2) is 0 Å². The van der Waals surface area contributed by atoms with Gasteiger partial charge in [0, 0.05) is 0 Å². The Hall–Kier alpha value is 0.400. The molecule has 58 valence electrons. The second kappa shape index (κ2) is 5.10. The van der Waals surface area contributed by atoms with Crippen molar-refractivity contribution < 1.29 is 0 Å². The Morgan fingerprint density at radius 3 is 1.70 bits per heavy atom. The van der Waals surface area contributed by atoms with Gasteiger partial charge in [-0.1, -0.05) is 29.7 Å². The Morgan fingerprint density at radius 1 is 1.20 bits per heavy atom. The van der Waals surface area contributed by atoms with Gasteiger partial charge < -0.3 is 0 Å². The summed E-state index contributed by atoms with van der Waals surface area (Å²) in [5.74, 6) is 5.21. The molecular formula is C2H6N4S4. The van der Waals surface area contributed by atoms with Crippen molar-refractivity contribution in [3.63, 3.8) is 0 Å². The summed E-state index contributed by atoms with van der Waals surface area (Å²) in [5.41, 5.74) is 4.87. The average Bonchev–Trinajstić information content (AvgIpc) is 1.58. The van der Waals surface area contributed by atoms with Gasteiger partial charge in [-0.25, -0.2) is 5.84 Å². The molecule has 0 amide bonds. The zero-order valence-corrected chi connectivity index (χ0v) is 8.16. The van der Waals surface area contributed by atoms with Crippen molar-refractivity contribution in [3.8, 4) is 0 Å². The van der Waals surface area contributed by atoms with Gasteiger partial charge in [-0.3, -0.25) is 10.9 Å². The number of nitrogens with one attached hydrogen (secondary N) is 2. The summed E-state index contributed by atoms with van der Waals surface area (Å²) in [5, 5.41) is 0.963. The number of hydrogen-bond donors (Lipinski definition) is 5. The Morgan fingerprint density at radius 2 is 1.50 bits per heavy atom. The Balaban J connectivity index is 3.53. The van der Waals surface area contributed by atoms with Crippen LogP contribution in [-0.4, -0.2) is 13.9 Å². The monoisotopic (exact) mass is 214 g/mol. The van der Waals surface area contributed by atoms with Crippen molar-refractivity contribution in [1.82, 2.24) is 16.1 Å². The van der Waals surface area contributed by atoms with Crippen LogP contribution in [0.5, 0.6) is 0 Å². The van der Waals surface area contributed by atoms with E-state index in [2.05, 4.69) is 60.5 Å². The van der Waals surface area contributed by atoms with Gasteiger partial charge in [-0.05, 0) is 0 Å². The summed E-state index contributed by atoms with van der Waals surface area (Å²) in [6.07, 6.45) is 0. The van der Waals surface area contributed by atoms with E-state index in [0.717, 1.165) is 5.23 Å². The normalized spacial score (nSPS) is 9.20. The van der Waals surface area contributed by atoms with E-state index >= 15 is 0 Å². The zero-order chi connectivity index (χ0) is 8.15. The van der Waals surface area contributed by atoms with E-state index in [-0.39, 0.29) is 8.64 Å². The van der Waals surface area contributed by atoms with E-state index in [1.807, 2.05) is 0 Å². The van der Waals surface area contributed by atoms with Gasteiger partial charge in [-0.2, -0.15) is 0 Å². The highest BCUT2D eigenvalue weighted by Crippen LogP contribution is 1.79. The van der Waals surface area contributed by atoms with Crippen molar-refractivity contribution in [2.24, 2.45) is 5.84 Å². The third kappa shape index (κ3) is 6.52. The van der Waals surface area contributed by atoms with E-state index in [9.17, 15) is 0 Å². The molecule has 0 bridgehead atoms. The van der Waals surface area contributed by atoms with Crippen LogP contribution in [-0.2, 0) is 0 Å². The van der Waals surface area contributed by atoms with Gasteiger partial charge in [0.1, 0.15) is 8.64 Å². The van der Waals surface area contributed by atoms with Crippen LogP contribution < -0.4 is 16.7 Å². The molecule has 4 nitrogen and oxygen atoms in total. The highest BCUT2D eigenvalue weighted by atomic mass is 32.1. The van der Waals surface area contributed by atoms with Crippen LogP contribution in [0.25, 0.3) is 0 Å². The first kappa shape index (κ1) is 10.4. The molecule has 0 aromatic rings. The zero-order valence-electron chi connectivity index (χ0n) is 4.74. The highest BCUT2D eigenvalue weighted by molar-refractivity contribution is 8.11. The number of nitrogens with zero attached hydrogens (tertiary/aromatic N) is 1. The van der Waals surface area contributed by atoms with Crippen LogP contribution in [0.2, 0.25) is 0 Å². The molecule has 0 fully saturated rings. The van der Waals surface area contributed by atoms with Crippen LogP contribution in [0.1, 0.15) is 0 Å². The van der Waals surface area contributed by atoms with Crippen molar-refractivity contribution in [2.45, 2.75) is 0 Å². The molecule has 0 aliphatic rings. The molecule has 0 spiro atoms. The minimum absolute atomic E-state index is 0.236. The fourth-order valence-corrected chi connectivity index (χ4v) is 0.646. The maximum Gasteiger partial charge on any atom is 0.147 e. The molecule has 0 atom stereocenters. The first-order valence-corrected chi connectivity index (χ1v) is 3.77. The second-order valence-electron chi connectivity index (χ2n) is 1.20. The standard InChI is InChI=1S/C2H6N4S4/c3-6(4-1(7)8)5-2(9)10/h3H2,(H2,4,7,8)(H2,5,9,10). The molecular weight excluding hydrogens is 208 g/mol. The molecule has 0 heterocycles. The van der Waals surface area contributed by atoms with E-state index in [0.29, 0.717) is 0 Å². The number of thiol groups is 2. The fraction of sp³-hybridized carbons (Fsp3) is 0. The second-order valence-corrected chi connectivity index (χ2v) is 3.52. The van der Waals surface area contributed by atoms with Crippen molar-refractivity contribution in [3.05, 3.63) is 0 Å². The molecule has 0 saturated carbocycles. The Labute approximate surface area is 80.2 Å². The number of hydrazine groups is 3. The first-order chi connectivity index (χ1) is 4.52. The molecule has 0 radical (unpaired) electrons. The molecule has 8 heteroatoms. The molecule has 0 unspecified atom stereocenters. The van der Waals surface area contributed by atoms with E-state index in [1.165, 1.54) is 0 Å². The van der Waals surface area contributed by atoms with Crippen molar-refractivity contribution >= 4 is 58.3 Å². The number of thiocarbonyl (C=S) groups is 2. The SMILES string of the molecule is NN(NC(=S)S)NC(=S)S. The molecule has 4 N–H and O–H groups in total. The van der Waals surface area contributed by atoms with E-state index in [4.69, 9.17) is 5.84 Å². The highest BCUT2D eigenvalue weighted by Gasteiger charge is 1.95. The Bertz CT molecular complexity index is 130. The summed E-state index contributed by atoms with van der Waals surface area (Å²) in [6, 6.07) is 0. The summed E-state index contributed by atoms with van der Waals surface area (Å²) in [7, 11) is 0. The first-order valence-electron chi connectivity index (χ1n) is 2.06. The molecule has 0 aliphatic heterocycles. The van der Waals surface area contributed by atoms with Gasteiger partial charge >= 0.3 is 0 Å². The number of nitrogens with two attached hydrogens (primary N) is 1. The molecule has 0 rings (SSSR count). The summed E-state index contributed by atoms with van der Waals surface area (Å²) in [6.45, 7) is 0. The third-order valence-corrected chi connectivity index (χ3v) is 0.815. The van der Waals surface area contributed by atoms with Crippen LogP contribution in [0.3, 0.4) is 0 Å². The van der Waals surface area contributed by atoms with Crippen LogP contribution in [0, 0.1) is 0 Å². The topological polar surface area (TPSA) is 53.3 Å². The number of rotatable bonds is 2. The maximum atomic E-state index is 5.21. The van der Waals surface area contributed by atoms with E-state index < -0.39 is 0 Å². The maximum absolute atomic E-state index is 5.21. The average molecular weight is 214 g/mol. The minimum Gasteiger partial charge on any atom is -0.272 e. The number of hydrogen-bond acceptors (Lipinski definition) is 4. The molecule has 0 saturated heterocycles. The molecule has 0 aromatic heterocycles. The van der Waals surface area contributed by atoms with Crippen molar-refractivity contribution in [2.75, 3.05) is 0 Å². The largest absolute Gasteiger partial charge is 0.272 e. The van der Waals surface area contributed by atoms with Crippen LogP contribution in [0.4, 0.5) is 0 Å². The fourth-order valence-electron chi connectivity index (χ4n) is 0.234.